The summed E-state index contributed by atoms with van der Waals surface area (Å²) in [7, 11) is 0. The highest BCUT2D eigenvalue weighted by Crippen LogP contribution is 2.35. The van der Waals surface area contributed by atoms with Crippen molar-refractivity contribution >= 4 is 21.7 Å². The minimum absolute atomic E-state index is 0.0555. The summed E-state index contributed by atoms with van der Waals surface area (Å²) in [6, 6.07) is 14.3. The molecule has 4 rings (SSSR count). The van der Waals surface area contributed by atoms with E-state index in [2.05, 4.69) is 0 Å². The Bertz CT molecular complexity index is 1020. The smallest absolute Gasteiger partial charge is 0.235 e. The number of benzene rings is 2. The molecule has 2 heterocycles. The molecule has 0 saturated carbocycles. The van der Waals surface area contributed by atoms with E-state index in [0.29, 0.717) is 16.7 Å². The van der Waals surface area contributed by atoms with Gasteiger partial charge in [-0.2, -0.15) is 0 Å². The van der Waals surface area contributed by atoms with E-state index in [0.717, 1.165) is 10.8 Å². The topological polar surface area (TPSA) is 63.6 Å². The second-order valence-electron chi connectivity index (χ2n) is 4.76. The Hall–Kier alpha value is -3.01. The van der Waals surface area contributed by atoms with Crippen molar-refractivity contribution in [1.82, 2.24) is 0 Å². The number of hydrogen-bond acceptors (Lipinski definition) is 4. The minimum atomic E-state index is -0.465. The molecule has 0 aliphatic heterocycles. The first kappa shape index (κ1) is 11.8. The second kappa shape index (κ2) is 4.24. The zero-order valence-corrected chi connectivity index (χ0v) is 10.9. The van der Waals surface area contributed by atoms with Crippen LogP contribution in [0.15, 0.2) is 68.4 Å². The van der Waals surface area contributed by atoms with Gasteiger partial charge >= 0.3 is 0 Å². The Labute approximate surface area is 118 Å². The Kier molecular flexibility index (Phi) is 2.38. The lowest BCUT2D eigenvalue weighted by atomic mass is 10.1. The van der Waals surface area contributed by atoms with Crippen LogP contribution in [0.5, 0.6) is 5.75 Å². The Morgan fingerprint density at radius 2 is 1.57 bits per heavy atom. The molecule has 0 aliphatic carbocycles. The highest BCUT2D eigenvalue weighted by Gasteiger charge is 2.19. The fourth-order valence-corrected chi connectivity index (χ4v) is 2.45. The van der Waals surface area contributed by atoms with Crippen LogP contribution in [-0.2, 0) is 0 Å². The summed E-state index contributed by atoms with van der Waals surface area (Å²) in [6.07, 6.45) is 1.57. The van der Waals surface area contributed by atoms with Gasteiger partial charge in [0, 0.05) is 10.8 Å². The number of hydrogen-bond donors (Lipinski definition) is 1. The van der Waals surface area contributed by atoms with E-state index in [1.165, 1.54) is 0 Å². The van der Waals surface area contributed by atoms with Crippen molar-refractivity contribution in [1.29, 1.82) is 0 Å². The molecule has 0 amide bonds. The molecular formula is C17H10O4. The zero-order valence-electron chi connectivity index (χ0n) is 10.9. The van der Waals surface area contributed by atoms with E-state index >= 15 is 0 Å². The third kappa shape index (κ3) is 1.66. The van der Waals surface area contributed by atoms with Crippen molar-refractivity contribution in [2.24, 2.45) is 0 Å². The summed E-state index contributed by atoms with van der Waals surface area (Å²) < 4.78 is 11.2. The van der Waals surface area contributed by atoms with Gasteiger partial charge in [0.15, 0.2) is 5.76 Å². The summed E-state index contributed by atoms with van der Waals surface area (Å²) in [5, 5.41) is 12.2. The molecule has 0 saturated heterocycles. The van der Waals surface area contributed by atoms with Crippen LogP contribution in [0.3, 0.4) is 0 Å². The monoisotopic (exact) mass is 278 g/mol. The van der Waals surface area contributed by atoms with E-state index in [-0.39, 0.29) is 5.76 Å². The summed E-state index contributed by atoms with van der Waals surface area (Å²) >= 11 is 0. The number of fused-ring (bicyclic) bond motifs is 2. The zero-order chi connectivity index (χ0) is 14.4. The molecule has 4 nitrogen and oxygen atoms in total. The van der Waals surface area contributed by atoms with Crippen LogP contribution in [0.1, 0.15) is 0 Å². The van der Waals surface area contributed by atoms with Crippen LogP contribution in [0.25, 0.3) is 33.3 Å². The van der Waals surface area contributed by atoms with Crippen molar-refractivity contribution in [3.63, 3.8) is 0 Å². The van der Waals surface area contributed by atoms with E-state index in [1.54, 1.807) is 30.5 Å². The Balaban J connectivity index is 2.11. The molecule has 0 atom stereocenters. The van der Waals surface area contributed by atoms with Crippen molar-refractivity contribution in [3.05, 3.63) is 65.0 Å². The van der Waals surface area contributed by atoms with Gasteiger partial charge in [0.1, 0.15) is 5.58 Å². The van der Waals surface area contributed by atoms with Gasteiger partial charge in [-0.25, -0.2) is 0 Å². The molecule has 2 aromatic carbocycles. The lowest BCUT2D eigenvalue weighted by Crippen LogP contribution is -2.02. The maximum Gasteiger partial charge on any atom is 0.235 e. The Morgan fingerprint density at radius 1 is 0.857 bits per heavy atom. The Morgan fingerprint density at radius 3 is 2.43 bits per heavy atom. The highest BCUT2D eigenvalue weighted by molar-refractivity contribution is 5.95. The molecule has 0 bridgehead atoms. The molecule has 1 N–H and O–H groups in total. The molecule has 4 heteroatoms. The normalized spacial score (nSPS) is 11.2. The molecule has 21 heavy (non-hydrogen) atoms. The van der Waals surface area contributed by atoms with Crippen LogP contribution >= 0.6 is 0 Å². The third-order valence-corrected chi connectivity index (χ3v) is 3.49. The largest absolute Gasteiger partial charge is 0.501 e. The molecule has 0 spiro atoms. The average molecular weight is 278 g/mol. The van der Waals surface area contributed by atoms with Gasteiger partial charge in [-0.3, -0.25) is 4.79 Å². The van der Waals surface area contributed by atoms with Crippen LogP contribution in [0, 0.1) is 0 Å². The summed E-state index contributed by atoms with van der Waals surface area (Å²) in [5.74, 6) is -0.0281. The molecule has 0 fully saturated rings. The maximum atomic E-state index is 12.2. The molecule has 102 valence electrons. The molecule has 0 unspecified atom stereocenters. The van der Waals surface area contributed by atoms with Gasteiger partial charge in [0.25, 0.3) is 0 Å². The SMILES string of the molecule is O=c1c(O)c(-c2occ3ccccc23)oc2ccccc12. The summed E-state index contributed by atoms with van der Waals surface area (Å²) in [6.45, 7) is 0. The lowest BCUT2D eigenvalue weighted by molar-refractivity contribution is 0.440. The van der Waals surface area contributed by atoms with Crippen molar-refractivity contribution < 1.29 is 13.9 Å². The first-order valence-electron chi connectivity index (χ1n) is 6.47. The van der Waals surface area contributed by atoms with Gasteiger partial charge in [-0.05, 0) is 12.1 Å². The van der Waals surface area contributed by atoms with Crippen LogP contribution in [0.4, 0.5) is 0 Å². The number of furan rings is 1. The quantitative estimate of drug-likeness (QED) is 0.573. The fourth-order valence-electron chi connectivity index (χ4n) is 2.45. The second-order valence-corrected chi connectivity index (χ2v) is 4.76. The van der Waals surface area contributed by atoms with Gasteiger partial charge in [-0.1, -0.05) is 36.4 Å². The minimum Gasteiger partial charge on any atom is -0.501 e. The molecule has 0 radical (unpaired) electrons. The summed E-state index contributed by atoms with van der Waals surface area (Å²) in [4.78, 5) is 12.2. The standard InChI is InChI=1S/C17H10O4/c18-14-12-7-3-4-8-13(12)21-17(15(14)19)16-11-6-2-1-5-10(11)9-20-16/h1-9,19H. The van der Waals surface area contributed by atoms with Crippen molar-refractivity contribution in [2.75, 3.05) is 0 Å². The first-order chi connectivity index (χ1) is 10.3. The number of para-hydroxylation sites is 1. The first-order valence-corrected chi connectivity index (χ1v) is 6.47. The van der Waals surface area contributed by atoms with Crippen LogP contribution in [0.2, 0.25) is 0 Å². The predicted molar refractivity (Wildman–Crippen MR) is 79.4 cm³/mol. The molecule has 0 aliphatic rings. The third-order valence-electron chi connectivity index (χ3n) is 3.49. The van der Waals surface area contributed by atoms with E-state index < -0.39 is 11.2 Å². The molecule has 2 aromatic heterocycles. The molecular weight excluding hydrogens is 268 g/mol. The van der Waals surface area contributed by atoms with E-state index in [4.69, 9.17) is 8.83 Å². The summed E-state index contributed by atoms with van der Waals surface area (Å²) in [5.41, 5.74) is -0.0527. The highest BCUT2D eigenvalue weighted by atomic mass is 16.4. The van der Waals surface area contributed by atoms with Gasteiger partial charge in [0.05, 0.1) is 11.6 Å². The van der Waals surface area contributed by atoms with Gasteiger partial charge < -0.3 is 13.9 Å². The lowest BCUT2D eigenvalue weighted by Gasteiger charge is -2.03. The molecule has 4 aromatic rings. The van der Waals surface area contributed by atoms with Gasteiger partial charge in [0.2, 0.25) is 16.9 Å². The predicted octanol–water partition coefficient (Wildman–Crippen LogP) is 3.91. The van der Waals surface area contributed by atoms with E-state index in [1.807, 2.05) is 24.3 Å². The van der Waals surface area contributed by atoms with Crippen LogP contribution in [-0.4, -0.2) is 5.11 Å². The number of rotatable bonds is 1. The van der Waals surface area contributed by atoms with Crippen molar-refractivity contribution in [2.45, 2.75) is 0 Å². The van der Waals surface area contributed by atoms with E-state index in [9.17, 15) is 9.90 Å². The maximum absolute atomic E-state index is 12.2. The average Bonchev–Trinajstić information content (AvgIpc) is 2.95. The number of aromatic hydroxyl groups is 1. The van der Waals surface area contributed by atoms with Gasteiger partial charge in [-0.15, -0.1) is 0 Å². The van der Waals surface area contributed by atoms with Crippen molar-refractivity contribution in [3.8, 4) is 17.3 Å². The fraction of sp³-hybridized carbons (Fsp3) is 0. The van der Waals surface area contributed by atoms with Crippen LogP contribution < -0.4 is 5.43 Å².